The largest absolute Gasteiger partial charge is 0.495 e. The molecular formula is C15H17BrN2O. The minimum Gasteiger partial charge on any atom is -0.495 e. The molecule has 0 aliphatic rings. The Balaban J connectivity index is 2.43. The van der Waals surface area contributed by atoms with Gasteiger partial charge in [0.25, 0.3) is 0 Å². The molecular weight excluding hydrogens is 304 g/mol. The molecule has 100 valence electrons. The van der Waals surface area contributed by atoms with Gasteiger partial charge >= 0.3 is 0 Å². The highest BCUT2D eigenvalue weighted by Gasteiger charge is 2.10. The van der Waals surface area contributed by atoms with Crippen LogP contribution in [0.3, 0.4) is 0 Å². The molecule has 19 heavy (non-hydrogen) atoms. The van der Waals surface area contributed by atoms with Crippen molar-refractivity contribution in [3.05, 3.63) is 45.6 Å². The first-order valence-corrected chi connectivity index (χ1v) is 6.85. The fourth-order valence-electron chi connectivity index (χ4n) is 2.04. The van der Waals surface area contributed by atoms with Crippen LogP contribution in [0, 0.1) is 20.8 Å². The summed E-state index contributed by atoms with van der Waals surface area (Å²) in [7, 11) is 1.68. The summed E-state index contributed by atoms with van der Waals surface area (Å²) in [5.74, 6) is 1.68. The molecule has 3 nitrogen and oxygen atoms in total. The number of nitrogens with zero attached hydrogens (tertiary/aromatic N) is 1. The molecule has 0 amide bonds. The third-order valence-corrected chi connectivity index (χ3v) is 3.39. The van der Waals surface area contributed by atoms with Crippen LogP contribution >= 0.6 is 15.9 Å². The predicted molar refractivity (Wildman–Crippen MR) is 82.4 cm³/mol. The lowest BCUT2D eigenvalue weighted by Gasteiger charge is -2.15. The van der Waals surface area contributed by atoms with E-state index in [0.29, 0.717) is 0 Å². The van der Waals surface area contributed by atoms with E-state index in [0.717, 1.165) is 32.9 Å². The Bertz CT molecular complexity index is 611. The average Bonchev–Trinajstić information content (AvgIpc) is 2.34. The van der Waals surface area contributed by atoms with E-state index in [1.165, 1.54) is 5.56 Å². The molecule has 0 atom stereocenters. The van der Waals surface area contributed by atoms with Crippen molar-refractivity contribution in [2.75, 3.05) is 12.4 Å². The topological polar surface area (TPSA) is 34.1 Å². The number of aryl methyl sites for hydroxylation is 3. The molecule has 0 spiro atoms. The van der Waals surface area contributed by atoms with Crippen LogP contribution < -0.4 is 10.1 Å². The molecule has 1 aromatic heterocycles. The van der Waals surface area contributed by atoms with Crippen LogP contribution in [0.1, 0.15) is 16.7 Å². The number of nitrogens with one attached hydrogen (secondary N) is 1. The molecule has 1 aromatic carbocycles. The summed E-state index contributed by atoms with van der Waals surface area (Å²) in [5.41, 5.74) is 4.36. The second-order valence-electron chi connectivity index (χ2n) is 4.60. The first-order chi connectivity index (χ1) is 9.01. The van der Waals surface area contributed by atoms with Crippen LogP contribution in [0.5, 0.6) is 5.75 Å². The number of pyridine rings is 1. The van der Waals surface area contributed by atoms with Gasteiger partial charge in [-0.1, -0.05) is 6.07 Å². The van der Waals surface area contributed by atoms with Crippen LogP contribution in [0.25, 0.3) is 0 Å². The molecule has 2 rings (SSSR count). The molecule has 0 radical (unpaired) electrons. The van der Waals surface area contributed by atoms with Gasteiger partial charge < -0.3 is 10.1 Å². The van der Waals surface area contributed by atoms with E-state index in [9.17, 15) is 0 Å². The maximum atomic E-state index is 5.44. The highest BCUT2D eigenvalue weighted by molar-refractivity contribution is 9.10. The quantitative estimate of drug-likeness (QED) is 0.902. The molecule has 0 aliphatic heterocycles. The Morgan fingerprint density at radius 3 is 2.47 bits per heavy atom. The summed E-state index contributed by atoms with van der Waals surface area (Å²) < 4.78 is 6.42. The number of hydrogen-bond donors (Lipinski definition) is 1. The first kappa shape index (κ1) is 13.9. The Labute approximate surface area is 122 Å². The van der Waals surface area contributed by atoms with Gasteiger partial charge in [-0.15, -0.1) is 0 Å². The van der Waals surface area contributed by atoms with Crippen molar-refractivity contribution >= 4 is 27.4 Å². The summed E-state index contributed by atoms with van der Waals surface area (Å²) in [6.07, 6.45) is 1.78. The van der Waals surface area contributed by atoms with E-state index in [4.69, 9.17) is 4.74 Å². The molecule has 1 N–H and O–H groups in total. The van der Waals surface area contributed by atoms with E-state index < -0.39 is 0 Å². The Kier molecular flexibility index (Phi) is 4.10. The number of hydrogen-bond acceptors (Lipinski definition) is 3. The zero-order valence-electron chi connectivity index (χ0n) is 11.5. The van der Waals surface area contributed by atoms with Crippen molar-refractivity contribution in [2.45, 2.75) is 20.8 Å². The van der Waals surface area contributed by atoms with Gasteiger partial charge in [-0.3, -0.25) is 0 Å². The number of halogens is 1. The summed E-state index contributed by atoms with van der Waals surface area (Å²) in [6, 6.07) is 6.17. The van der Waals surface area contributed by atoms with Crippen molar-refractivity contribution in [3.63, 3.8) is 0 Å². The van der Waals surface area contributed by atoms with Gasteiger partial charge in [0.2, 0.25) is 0 Å². The molecule has 2 aromatic rings. The zero-order chi connectivity index (χ0) is 14.0. The van der Waals surface area contributed by atoms with Crippen molar-refractivity contribution in [2.24, 2.45) is 0 Å². The average molecular weight is 321 g/mol. The number of aromatic nitrogens is 1. The molecule has 0 saturated heterocycles. The van der Waals surface area contributed by atoms with Crippen LogP contribution in [0.4, 0.5) is 11.5 Å². The third kappa shape index (κ3) is 3.07. The Morgan fingerprint density at radius 2 is 1.84 bits per heavy atom. The maximum absolute atomic E-state index is 5.44. The van der Waals surface area contributed by atoms with Crippen molar-refractivity contribution < 1.29 is 4.74 Å². The lowest BCUT2D eigenvalue weighted by atomic mass is 10.1. The van der Waals surface area contributed by atoms with Gasteiger partial charge in [-0.2, -0.15) is 0 Å². The van der Waals surface area contributed by atoms with Gasteiger partial charge in [0.15, 0.2) is 0 Å². The lowest BCUT2D eigenvalue weighted by Crippen LogP contribution is -2.01. The first-order valence-electron chi connectivity index (χ1n) is 6.05. The fraction of sp³-hybridized carbons (Fsp3) is 0.267. The van der Waals surface area contributed by atoms with E-state index in [-0.39, 0.29) is 0 Å². The van der Waals surface area contributed by atoms with Crippen LogP contribution in [-0.4, -0.2) is 12.1 Å². The standard InChI is InChI=1S/C15H17BrN2O/c1-9-5-10(2)14(13(6-9)19-4)18-15-11(3)7-12(16)8-17-15/h5-8H,1-4H3,(H,17,18). The highest BCUT2D eigenvalue weighted by Crippen LogP contribution is 2.33. The Morgan fingerprint density at radius 1 is 1.11 bits per heavy atom. The van der Waals surface area contributed by atoms with Crippen molar-refractivity contribution in [3.8, 4) is 5.75 Å². The molecule has 4 heteroatoms. The maximum Gasteiger partial charge on any atom is 0.142 e. The monoisotopic (exact) mass is 320 g/mol. The number of ether oxygens (including phenoxy) is 1. The fourth-order valence-corrected chi connectivity index (χ4v) is 2.49. The van der Waals surface area contributed by atoms with E-state index in [2.05, 4.69) is 46.1 Å². The van der Waals surface area contributed by atoms with Crippen molar-refractivity contribution in [1.29, 1.82) is 0 Å². The smallest absolute Gasteiger partial charge is 0.142 e. The van der Waals surface area contributed by atoms with E-state index in [1.807, 2.05) is 19.1 Å². The summed E-state index contributed by atoms with van der Waals surface area (Å²) >= 11 is 3.42. The van der Waals surface area contributed by atoms with Crippen LogP contribution in [-0.2, 0) is 0 Å². The predicted octanol–water partition coefficient (Wildman–Crippen LogP) is 4.52. The van der Waals surface area contributed by atoms with Gasteiger partial charge in [0.05, 0.1) is 12.8 Å². The summed E-state index contributed by atoms with van der Waals surface area (Å²) in [5, 5.41) is 3.36. The molecule has 0 bridgehead atoms. The summed E-state index contributed by atoms with van der Waals surface area (Å²) in [6.45, 7) is 6.14. The van der Waals surface area contributed by atoms with Gasteiger partial charge in [0, 0.05) is 10.7 Å². The second kappa shape index (κ2) is 5.61. The van der Waals surface area contributed by atoms with Gasteiger partial charge in [0.1, 0.15) is 11.6 Å². The highest BCUT2D eigenvalue weighted by atomic mass is 79.9. The molecule has 0 saturated carbocycles. The third-order valence-electron chi connectivity index (χ3n) is 2.95. The second-order valence-corrected chi connectivity index (χ2v) is 5.52. The lowest BCUT2D eigenvalue weighted by molar-refractivity contribution is 0.416. The molecule has 0 unspecified atom stereocenters. The van der Waals surface area contributed by atoms with Crippen molar-refractivity contribution in [1.82, 2.24) is 4.98 Å². The minimum absolute atomic E-state index is 0.835. The van der Waals surface area contributed by atoms with E-state index >= 15 is 0 Å². The minimum atomic E-state index is 0.835. The van der Waals surface area contributed by atoms with E-state index in [1.54, 1.807) is 13.3 Å². The van der Waals surface area contributed by atoms with Crippen LogP contribution in [0.15, 0.2) is 28.9 Å². The number of anilines is 2. The SMILES string of the molecule is COc1cc(C)cc(C)c1Nc1ncc(Br)cc1C. The number of methoxy groups -OCH3 is 1. The van der Waals surface area contributed by atoms with Gasteiger partial charge in [-0.25, -0.2) is 4.98 Å². The molecule has 0 fully saturated rings. The molecule has 0 aliphatic carbocycles. The Hall–Kier alpha value is -1.55. The number of benzene rings is 1. The number of rotatable bonds is 3. The summed E-state index contributed by atoms with van der Waals surface area (Å²) in [4.78, 5) is 4.40. The zero-order valence-corrected chi connectivity index (χ0v) is 13.1. The van der Waals surface area contributed by atoms with Gasteiger partial charge in [-0.05, 0) is 65.5 Å². The molecule has 1 heterocycles. The normalized spacial score (nSPS) is 10.4. The van der Waals surface area contributed by atoms with Crippen LogP contribution in [0.2, 0.25) is 0 Å².